The Morgan fingerprint density at radius 2 is 1.88 bits per heavy atom. The zero-order valence-corrected chi connectivity index (χ0v) is 15.5. The number of rotatable bonds is 4. The van der Waals surface area contributed by atoms with E-state index < -0.39 is 0 Å². The van der Waals surface area contributed by atoms with Crippen molar-refractivity contribution in [1.29, 1.82) is 0 Å². The summed E-state index contributed by atoms with van der Waals surface area (Å²) in [6.07, 6.45) is 5.02. The second kappa shape index (κ2) is 6.98. The number of aryl methyl sites for hydroxylation is 1. The number of fused-ring (bicyclic) bond motifs is 1. The first-order chi connectivity index (χ1) is 12.6. The Hall–Kier alpha value is -2.56. The van der Waals surface area contributed by atoms with E-state index in [4.69, 9.17) is 27.9 Å². The average Bonchev–Trinajstić information content (AvgIpc) is 3.15. The van der Waals surface area contributed by atoms with Gasteiger partial charge in [-0.05, 0) is 31.2 Å². The minimum absolute atomic E-state index is 0.243. The number of hydrogen-bond acceptors (Lipinski definition) is 3. The van der Waals surface area contributed by atoms with E-state index in [2.05, 4.69) is 21.0 Å². The molecule has 4 rings (SSSR count). The molecular formula is C20H15Cl2N3O. The van der Waals surface area contributed by atoms with Crippen LogP contribution in [0.1, 0.15) is 11.3 Å². The molecule has 0 spiro atoms. The molecule has 3 aromatic heterocycles. The van der Waals surface area contributed by atoms with Crippen molar-refractivity contribution in [1.82, 2.24) is 15.0 Å². The number of pyridine rings is 2. The molecule has 1 N–H and O–H groups in total. The second-order valence-corrected chi connectivity index (χ2v) is 6.73. The molecule has 0 amide bonds. The van der Waals surface area contributed by atoms with Crippen LogP contribution in [0.15, 0.2) is 55.0 Å². The number of para-hydroxylation sites is 1. The molecule has 130 valence electrons. The molecule has 26 heavy (non-hydrogen) atoms. The lowest BCUT2D eigenvalue weighted by Crippen LogP contribution is -2.00. The Morgan fingerprint density at radius 3 is 2.62 bits per heavy atom. The summed E-state index contributed by atoms with van der Waals surface area (Å²) >= 11 is 12.4. The number of nitrogens with zero attached hydrogens (tertiary/aromatic N) is 2. The minimum atomic E-state index is 0.243. The third kappa shape index (κ3) is 3.14. The van der Waals surface area contributed by atoms with Gasteiger partial charge in [0.1, 0.15) is 17.9 Å². The quantitative estimate of drug-likeness (QED) is 0.482. The van der Waals surface area contributed by atoms with Crippen LogP contribution in [-0.2, 0) is 6.61 Å². The number of nitrogens with one attached hydrogen (secondary N) is 1. The molecule has 0 saturated carbocycles. The van der Waals surface area contributed by atoms with Crippen LogP contribution in [-0.4, -0.2) is 15.0 Å². The van der Waals surface area contributed by atoms with Crippen LogP contribution < -0.4 is 4.74 Å². The lowest BCUT2D eigenvalue weighted by Gasteiger charge is -2.13. The smallest absolute Gasteiger partial charge is 0.146 e. The van der Waals surface area contributed by atoms with E-state index in [9.17, 15) is 0 Å². The fourth-order valence-corrected chi connectivity index (χ4v) is 3.39. The van der Waals surface area contributed by atoms with Gasteiger partial charge in [-0.25, -0.2) is 4.98 Å². The molecule has 1 aromatic carbocycles. The summed E-state index contributed by atoms with van der Waals surface area (Å²) in [5, 5.41) is 1.98. The SMILES string of the molecule is Cc1cc(-c2ccc[nH]2)c2cccc(OCc3c(Cl)cncc3Cl)c2n1. The van der Waals surface area contributed by atoms with Crippen LogP contribution in [0.4, 0.5) is 0 Å². The summed E-state index contributed by atoms with van der Waals surface area (Å²) < 4.78 is 6.02. The third-order valence-electron chi connectivity index (χ3n) is 4.14. The molecule has 4 nitrogen and oxygen atoms in total. The van der Waals surface area contributed by atoms with Gasteiger partial charge in [-0.15, -0.1) is 0 Å². The van der Waals surface area contributed by atoms with E-state index in [1.54, 1.807) is 12.4 Å². The molecular weight excluding hydrogens is 369 g/mol. The van der Waals surface area contributed by atoms with Crippen LogP contribution in [0.3, 0.4) is 0 Å². The van der Waals surface area contributed by atoms with Crippen LogP contribution in [0.5, 0.6) is 5.75 Å². The van der Waals surface area contributed by atoms with Gasteiger partial charge in [0.25, 0.3) is 0 Å². The van der Waals surface area contributed by atoms with Crippen molar-refractivity contribution in [2.24, 2.45) is 0 Å². The first-order valence-electron chi connectivity index (χ1n) is 8.08. The highest BCUT2D eigenvalue weighted by Crippen LogP contribution is 2.33. The molecule has 0 aliphatic rings. The van der Waals surface area contributed by atoms with Crippen LogP contribution >= 0.6 is 23.2 Å². The summed E-state index contributed by atoms with van der Waals surface area (Å²) in [7, 11) is 0. The largest absolute Gasteiger partial charge is 0.487 e. The Labute approximate surface area is 160 Å². The summed E-state index contributed by atoms with van der Waals surface area (Å²) in [5.74, 6) is 0.683. The Balaban J connectivity index is 1.77. The zero-order chi connectivity index (χ0) is 18.1. The number of aromatic amines is 1. The van der Waals surface area contributed by atoms with Crippen molar-refractivity contribution in [2.45, 2.75) is 13.5 Å². The second-order valence-electron chi connectivity index (χ2n) is 5.92. The molecule has 0 atom stereocenters. The highest BCUT2D eigenvalue weighted by atomic mass is 35.5. The molecule has 6 heteroatoms. The number of H-pyrrole nitrogens is 1. The molecule has 0 bridgehead atoms. The van der Waals surface area contributed by atoms with Crippen molar-refractivity contribution in [3.05, 3.63) is 76.3 Å². The van der Waals surface area contributed by atoms with Gasteiger partial charge < -0.3 is 9.72 Å². The maximum Gasteiger partial charge on any atom is 0.146 e. The predicted octanol–water partition coefficient (Wildman–Crippen LogP) is 5.82. The minimum Gasteiger partial charge on any atom is -0.487 e. The van der Waals surface area contributed by atoms with E-state index in [-0.39, 0.29) is 6.61 Å². The first-order valence-corrected chi connectivity index (χ1v) is 8.84. The lowest BCUT2D eigenvalue weighted by molar-refractivity contribution is 0.309. The van der Waals surface area contributed by atoms with Crippen LogP contribution in [0, 0.1) is 6.92 Å². The maximum atomic E-state index is 6.19. The van der Waals surface area contributed by atoms with Crippen molar-refractivity contribution in [2.75, 3.05) is 0 Å². The monoisotopic (exact) mass is 383 g/mol. The third-order valence-corrected chi connectivity index (χ3v) is 4.79. The average molecular weight is 384 g/mol. The van der Waals surface area contributed by atoms with Crippen molar-refractivity contribution < 1.29 is 4.74 Å². The maximum absolute atomic E-state index is 6.19. The van der Waals surface area contributed by atoms with Crippen molar-refractivity contribution >= 4 is 34.1 Å². The fraction of sp³-hybridized carbons (Fsp3) is 0.100. The van der Waals surface area contributed by atoms with Gasteiger partial charge in [0.2, 0.25) is 0 Å². The number of aromatic nitrogens is 3. The number of ether oxygens (including phenoxy) is 1. The predicted molar refractivity (Wildman–Crippen MR) is 105 cm³/mol. The standard InChI is InChI=1S/C20H15Cl2N3O/c1-12-8-14(18-5-3-7-24-18)13-4-2-6-19(20(13)25-12)26-11-15-16(21)9-23-10-17(15)22/h2-10,24H,11H2,1H3. The molecule has 0 aliphatic heterocycles. The Kier molecular flexibility index (Phi) is 4.53. The molecule has 0 radical (unpaired) electrons. The number of benzene rings is 1. The van der Waals surface area contributed by atoms with Gasteiger partial charge in [-0.2, -0.15) is 0 Å². The first kappa shape index (κ1) is 16.9. The summed E-state index contributed by atoms with van der Waals surface area (Å²) in [4.78, 5) is 11.9. The number of halogens is 2. The van der Waals surface area contributed by atoms with Gasteiger partial charge in [0, 0.05) is 46.5 Å². The van der Waals surface area contributed by atoms with Gasteiger partial charge >= 0.3 is 0 Å². The Morgan fingerprint density at radius 1 is 1.08 bits per heavy atom. The summed E-state index contributed by atoms with van der Waals surface area (Å²) in [5.41, 5.74) is 4.55. The zero-order valence-electron chi connectivity index (χ0n) is 14.0. The van der Waals surface area contributed by atoms with Crippen molar-refractivity contribution in [3.63, 3.8) is 0 Å². The van der Waals surface area contributed by atoms with E-state index in [0.29, 0.717) is 21.4 Å². The summed E-state index contributed by atoms with van der Waals surface area (Å²) in [6.45, 7) is 2.21. The Bertz CT molecular complexity index is 1060. The van der Waals surface area contributed by atoms with E-state index in [0.717, 1.165) is 27.9 Å². The van der Waals surface area contributed by atoms with Crippen LogP contribution in [0.25, 0.3) is 22.2 Å². The topological polar surface area (TPSA) is 50.8 Å². The molecule has 0 saturated heterocycles. The molecule has 0 unspecified atom stereocenters. The van der Waals surface area contributed by atoms with Crippen LogP contribution in [0.2, 0.25) is 10.0 Å². The molecule has 4 aromatic rings. The van der Waals surface area contributed by atoms with Gasteiger partial charge in [0.05, 0.1) is 10.0 Å². The van der Waals surface area contributed by atoms with E-state index >= 15 is 0 Å². The number of hydrogen-bond donors (Lipinski definition) is 1. The van der Waals surface area contributed by atoms with E-state index in [1.165, 1.54) is 0 Å². The summed E-state index contributed by atoms with van der Waals surface area (Å²) in [6, 6.07) is 12.0. The molecule has 0 fully saturated rings. The van der Waals surface area contributed by atoms with Gasteiger partial charge in [-0.3, -0.25) is 4.98 Å². The van der Waals surface area contributed by atoms with E-state index in [1.807, 2.05) is 43.5 Å². The fourth-order valence-electron chi connectivity index (χ4n) is 2.91. The molecule has 3 heterocycles. The highest BCUT2D eigenvalue weighted by molar-refractivity contribution is 6.35. The lowest BCUT2D eigenvalue weighted by atomic mass is 10.0. The van der Waals surface area contributed by atoms with Gasteiger partial charge in [-0.1, -0.05) is 35.3 Å². The normalized spacial score (nSPS) is 11.0. The van der Waals surface area contributed by atoms with Gasteiger partial charge in [0.15, 0.2) is 0 Å². The highest BCUT2D eigenvalue weighted by Gasteiger charge is 2.13. The molecule has 0 aliphatic carbocycles. The van der Waals surface area contributed by atoms with Crippen molar-refractivity contribution in [3.8, 4) is 17.0 Å².